The van der Waals surface area contributed by atoms with Crippen molar-refractivity contribution in [2.24, 2.45) is 0 Å². The van der Waals surface area contributed by atoms with E-state index in [2.05, 4.69) is 16.0 Å². The molecule has 0 aliphatic carbocycles. The molecule has 0 aliphatic rings. The fourth-order valence-electron chi connectivity index (χ4n) is 0.945. The van der Waals surface area contributed by atoms with Crippen molar-refractivity contribution in [2.75, 3.05) is 0 Å². The van der Waals surface area contributed by atoms with Crippen molar-refractivity contribution in [3.05, 3.63) is 36.5 Å². The van der Waals surface area contributed by atoms with Gasteiger partial charge in [-0.3, -0.25) is 4.98 Å². The Bertz CT molecular complexity index is 372. The molecule has 0 saturated carbocycles. The Balaban J connectivity index is 0.000000845. The molecule has 0 amide bonds. The summed E-state index contributed by atoms with van der Waals surface area (Å²) >= 11 is 0. The molecule has 3 nitrogen and oxygen atoms in total. The van der Waals surface area contributed by atoms with Gasteiger partial charge in [-0.15, -0.1) is 0 Å². The zero-order valence-electron chi connectivity index (χ0n) is 6.99. The van der Waals surface area contributed by atoms with Crippen LogP contribution in [0.1, 0.15) is 5.89 Å². The number of oxazole rings is 1. The van der Waals surface area contributed by atoms with Gasteiger partial charge in [0.05, 0.1) is 6.20 Å². The van der Waals surface area contributed by atoms with Gasteiger partial charge < -0.3 is 4.42 Å². The van der Waals surface area contributed by atoms with Crippen LogP contribution in [0, 0.1) is 13.0 Å². The van der Waals surface area contributed by atoms with Gasteiger partial charge in [0.25, 0.3) is 0 Å². The van der Waals surface area contributed by atoms with Crippen molar-refractivity contribution in [1.29, 1.82) is 0 Å². The summed E-state index contributed by atoms with van der Waals surface area (Å²) in [5.41, 5.74) is 0.786. The first-order valence-corrected chi connectivity index (χ1v) is 3.61. The summed E-state index contributed by atoms with van der Waals surface area (Å²) in [6, 6.07) is 6.46. The summed E-state index contributed by atoms with van der Waals surface area (Å²) in [5, 5.41) is 0. The molecule has 0 aliphatic heterocycles. The molecule has 2 aromatic rings. The van der Waals surface area contributed by atoms with Crippen molar-refractivity contribution >= 4 is 0 Å². The van der Waals surface area contributed by atoms with Crippen LogP contribution in [0.3, 0.4) is 0 Å². The molecule has 67 valence electrons. The second-order valence-corrected chi connectivity index (χ2v) is 2.39. The number of aromatic nitrogens is 2. The van der Waals surface area contributed by atoms with E-state index >= 15 is 0 Å². The fraction of sp³-hybridized carbons (Fsp3) is 0.111. The fourth-order valence-corrected chi connectivity index (χ4v) is 0.945. The van der Waals surface area contributed by atoms with Crippen molar-refractivity contribution in [1.82, 2.24) is 9.97 Å². The monoisotopic (exact) mass is 214 g/mol. The molecule has 0 atom stereocenters. The van der Waals surface area contributed by atoms with Crippen molar-refractivity contribution in [3.8, 4) is 11.5 Å². The van der Waals surface area contributed by atoms with Gasteiger partial charge in [-0.25, -0.2) is 17.1 Å². The van der Waals surface area contributed by atoms with Crippen LogP contribution in [0.25, 0.3) is 11.5 Å². The zero-order valence-corrected chi connectivity index (χ0v) is 8.17. The number of nitrogens with zero attached hydrogens (tertiary/aromatic N) is 2. The van der Waals surface area contributed by atoms with E-state index in [4.69, 9.17) is 4.42 Å². The van der Waals surface area contributed by atoms with Gasteiger partial charge in [0.2, 0.25) is 0 Å². The van der Waals surface area contributed by atoms with Gasteiger partial charge in [0.1, 0.15) is 0 Å². The molecule has 2 heterocycles. The third-order valence-corrected chi connectivity index (χ3v) is 1.49. The van der Waals surface area contributed by atoms with Crippen LogP contribution in [-0.4, -0.2) is 9.97 Å². The molecule has 2 aromatic heterocycles. The molecule has 13 heavy (non-hydrogen) atoms. The number of hydrogen-bond acceptors (Lipinski definition) is 3. The SMILES string of the molecule is Cc1ncc(-c2cc[c-]cn2)o1.[Mn]. The average Bonchev–Trinajstić information content (AvgIpc) is 2.54. The molecule has 4 heteroatoms. The minimum atomic E-state index is 0. The third-order valence-electron chi connectivity index (χ3n) is 1.49. The predicted octanol–water partition coefficient (Wildman–Crippen LogP) is 1.84. The predicted molar refractivity (Wildman–Crippen MR) is 43.3 cm³/mol. The van der Waals surface area contributed by atoms with Gasteiger partial charge in [-0.2, -0.15) is 6.07 Å². The molecule has 0 aromatic carbocycles. The van der Waals surface area contributed by atoms with Gasteiger partial charge in [0.15, 0.2) is 11.7 Å². The summed E-state index contributed by atoms with van der Waals surface area (Å²) in [6.07, 6.45) is 3.27. The van der Waals surface area contributed by atoms with E-state index in [0.717, 1.165) is 5.69 Å². The Morgan fingerprint density at radius 2 is 2.23 bits per heavy atom. The second kappa shape index (κ2) is 4.21. The van der Waals surface area contributed by atoms with E-state index in [1.165, 1.54) is 0 Å². The standard InChI is InChI=1S/C9H7N2O.Mn/c1-7-11-6-9(12-7)8-4-2-3-5-10-8;/h2,4-6H,1H3;/q-1;. The molecule has 2 rings (SSSR count). The van der Waals surface area contributed by atoms with Gasteiger partial charge in [-0.05, 0) is 0 Å². The Morgan fingerprint density at radius 3 is 2.77 bits per heavy atom. The van der Waals surface area contributed by atoms with E-state index < -0.39 is 0 Å². The van der Waals surface area contributed by atoms with Crippen LogP contribution < -0.4 is 0 Å². The summed E-state index contributed by atoms with van der Waals surface area (Å²) in [4.78, 5) is 8.05. The van der Waals surface area contributed by atoms with Crippen LogP contribution in [0.2, 0.25) is 0 Å². The van der Waals surface area contributed by atoms with Crippen molar-refractivity contribution in [3.63, 3.8) is 0 Å². The molecule has 0 fully saturated rings. The second-order valence-electron chi connectivity index (χ2n) is 2.39. The topological polar surface area (TPSA) is 38.9 Å². The van der Waals surface area contributed by atoms with Gasteiger partial charge in [-0.1, -0.05) is 6.20 Å². The van der Waals surface area contributed by atoms with Crippen molar-refractivity contribution in [2.45, 2.75) is 6.92 Å². The summed E-state index contributed by atoms with van der Waals surface area (Å²) in [5.74, 6) is 1.35. The number of hydrogen-bond donors (Lipinski definition) is 0. The Kier molecular flexibility index (Phi) is 3.23. The quantitative estimate of drug-likeness (QED) is 0.537. The molecule has 0 bridgehead atoms. The maximum atomic E-state index is 5.28. The first kappa shape index (κ1) is 9.96. The molecule has 0 spiro atoms. The molecular formula is C9H7MnN2O-. The number of rotatable bonds is 1. The zero-order chi connectivity index (χ0) is 8.39. The first-order valence-electron chi connectivity index (χ1n) is 3.61. The molecular weight excluding hydrogens is 207 g/mol. The smallest absolute Gasteiger partial charge is 0.191 e. The Hall–Kier alpha value is -1.12. The summed E-state index contributed by atoms with van der Waals surface area (Å²) in [7, 11) is 0. The minimum absolute atomic E-state index is 0. The third kappa shape index (κ3) is 2.17. The van der Waals surface area contributed by atoms with Gasteiger partial charge >= 0.3 is 0 Å². The summed E-state index contributed by atoms with van der Waals surface area (Å²) < 4.78 is 5.28. The van der Waals surface area contributed by atoms with Gasteiger partial charge in [0, 0.05) is 29.7 Å². The Morgan fingerprint density at radius 1 is 1.38 bits per heavy atom. The maximum Gasteiger partial charge on any atom is 0.191 e. The Labute approximate surface area is 86.7 Å². The molecule has 0 unspecified atom stereocenters. The normalized spacial score (nSPS) is 9.31. The molecule has 0 saturated heterocycles. The van der Waals surface area contributed by atoms with E-state index in [0.29, 0.717) is 11.7 Å². The molecule has 0 N–H and O–H groups in total. The van der Waals surface area contributed by atoms with E-state index in [1.807, 2.05) is 6.07 Å². The van der Waals surface area contributed by atoms with Crippen LogP contribution in [0.15, 0.2) is 28.9 Å². The minimum Gasteiger partial charge on any atom is -0.441 e. The van der Waals surface area contributed by atoms with Crippen molar-refractivity contribution < 1.29 is 21.5 Å². The largest absolute Gasteiger partial charge is 0.441 e. The van der Waals surface area contributed by atoms with Crippen LogP contribution in [-0.2, 0) is 17.1 Å². The van der Waals surface area contributed by atoms with Crippen LogP contribution in [0.5, 0.6) is 0 Å². The average molecular weight is 214 g/mol. The van der Waals surface area contributed by atoms with Crippen LogP contribution >= 0.6 is 0 Å². The first-order chi connectivity index (χ1) is 5.86. The van der Waals surface area contributed by atoms with Crippen LogP contribution in [0.4, 0.5) is 0 Å². The van der Waals surface area contributed by atoms with E-state index in [9.17, 15) is 0 Å². The number of pyridine rings is 1. The van der Waals surface area contributed by atoms with E-state index in [-0.39, 0.29) is 17.1 Å². The summed E-state index contributed by atoms with van der Waals surface area (Å²) in [6.45, 7) is 1.80. The number of aryl methyl sites for hydroxylation is 1. The van der Waals surface area contributed by atoms with E-state index in [1.54, 1.807) is 25.4 Å². The maximum absolute atomic E-state index is 5.28. The molecule has 1 radical (unpaired) electrons.